The lowest BCUT2D eigenvalue weighted by atomic mass is 9.81. The number of likely N-dealkylation sites (tertiary alicyclic amines) is 1. The molecule has 0 aromatic heterocycles. The minimum absolute atomic E-state index is 0.103. The van der Waals surface area contributed by atoms with Crippen LogP contribution in [0.2, 0.25) is 0 Å². The fraction of sp³-hybridized carbons (Fsp3) is 0.625. The molecule has 3 rings (SSSR count). The van der Waals surface area contributed by atoms with Crippen molar-refractivity contribution >= 4 is 0 Å². The van der Waals surface area contributed by atoms with Gasteiger partial charge < -0.3 is 9.84 Å². The molecule has 19 heavy (non-hydrogen) atoms. The summed E-state index contributed by atoms with van der Waals surface area (Å²) in [4.78, 5) is 2.39. The molecule has 2 atom stereocenters. The van der Waals surface area contributed by atoms with Crippen LogP contribution in [-0.4, -0.2) is 35.7 Å². The third-order valence-electron chi connectivity index (χ3n) is 4.63. The molecule has 0 radical (unpaired) electrons. The number of piperidine rings is 1. The Labute approximate surface area is 115 Å². The average molecular weight is 261 g/mol. The molecule has 2 aliphatic heterocycles. The van der Waals surface area contributed by atoms with Crippen LogP contribution in [0, 0.1) is 5.41 Å². The molecule has 1 saturated heterocycles. The normalized spacial score (nSPS) is 30.5. The maximum Gasteiger partial charge on any atom is 0.125 e. The van der Waals surface area contributed by atoms with Gasteiger partial charge in [-0.3, -0.25) is 4.90 Å². The standard InChI is InChI=1S/C16H23NO2/c1-16(2)7-9-17(10-8-16)13-11-19-14-6-4-3-5-12(14)15(13)18/h3-6,13,15,18H,7-11H2,1-2H3. The number of nitrogens with zero attached hydrogens (tertiary/aromatic N) is 1. The predicted octanol–water partition coefficient (Wildman–Crippen LogP) is 2.60. The monoisotopic (exact) mass is 261 g/mol. The van der Waals surface area contributed by atoms with E-state index in [1.54, 1.807) is 0 Å². The zero-order chi connectivity index (χ0) is 13.5. The van der Waals surface area contributed by atoms with Gasteiger partial charge in [-0.25, -0.2) is 0 Å². The van der Waals surface area contributed by atoms with Gasteiger partial charge in [0.2, 0.25) is 0 Å². The lowest BCUT2D eigenvalue weighted by molar-refractivity contribution is -0.0197. The highest BCUT2D eigenvalue weighted by Crippen LogP contribution is 2.37. The van der Waals surface area contributed by atoms with E-state index < -0.39 is 6.10 Å². The van der Waals surface area contributed by atoms with Gasteiger partial charge in [-0.1, -0.05) is 32.0 Å². The summed E-state index contributed by atoms with van der Waals surface area (Å²) in [5, 5.41) is 10.6. The van der Waals surface area contributed by atoms with Gasteiger partial charge in [-0.05, 0) is 37.4 Å². The van der Waals surface area contributed by atoms with Crippen molar-refractivity contribution in [3.05, 3.63) is 29.8 Å². The minimum atomic E-state index is -0.425. The van der Waals surface area contributed by atoms with Crippen LogP contribution in [0.3, 0.4) is 0 Å². The van der Waals surface area contributed by atoms with Crippen molar-refractivity contribution in [1.29, 1.82) is 0 Å². The van der Waals surface area contributed by atoms with Crippen molar-refractivity contribution in [1.82, 2.24) is 4.90 Å². The Bertz CT molecular complexity index is 448. The van der Waals surface area contributed by atoms with Gasteiger partial charge in [0.15, 0.2) is 0 Å². The van der Waals surface area contributed by atoms with Gasteiger partial charge in [-0.2, -0.15) is 0 Å². The number of hydrogen-bond acceptors (Lipinski definition) is 3. The number of aliphatic hydroxyl groups is 1. The predicted molar refractivity (Wildman–Crippen MR) is 75.3 cm³/mol. The number of rotatable bonds is 1. The van der Waals surface area contributed by atoms with Crippen LogP contribution in [0.25, 0.3) is 0 Å². The minimum Gasteiger partial charge on any atom is -0.491 e. The first kappa shape index (κ1) is 12.9. The van der Waals surface area contributed by atoms with Crippen LogP contribution >= 0.6 is 0 Å². The molecule has 2 aliphatic rings. The highest BCUT2D eigenvalue weighted by molar-refractivity contribution is 5.37. The summed E-state index contributed by atoms with van der Waals surface area (Å²) in [6.45, 7) is 7.36. The summed E-state index contributed by atoms with van der Waals surface area (Å²) >= 11 is 0. The van der Waals surface area contributed by atoms with E-state index in [9.17, 15) is 5.11 Å². The highest BCUT2D eigenvalue weighted by Gasteiger charge is 2.36. The molecule has 1 aromatic rings. The van der Waals surface area contributed by atoms with Gasteiger partial charge in [-0.15, -0.1) is 0 Å². The number of hydrogen-bond donors (Lipinski definition) is 1. The summed E-state index contributed by atoms with van der Waals surface area (Å²) in [7, 11) is 0. The van der Waals surface area contributed by atoms with E-state index in [1.807, 2.05) is 24.3 Å². The first-order valence-corrected chi connectivity index (χ1v) is 7.21. The number of para-hydroxylation sites is 1. The highest BCUT2D eigenvalue weighted by atomic mass is 16.5. The number of aliphatic hydroxyl groups excluding tert-OH is 1. The fourth-order valence-corrected chi connectivity index (χ4v) is 3.10. The van der Waals surface area contributed by atoms with Crippen molar-refractivity contribution in [3.63, 3.8) is 0 Å². The number of ether oxygens (including phenoxy) is 1. The third-order valence-corrected chi connectivity index (χ3v) is 4.63. The lowest BCUT2D eigenvalue weighted by Gasteiger charge is -2.44. The van der Waals surface area contributed by atoms with Crippen LogP contribution in [-0.2, 0) is 0 Å². The van der Waals surface area contributed by atoms with Crippen LogP contribution in [0.15, 0.2) is 24.3 Å². The van der Waals surface area contributed by atoms with E-state index >= 15 is 0 Å². The Morgan fingerprint density at radius 2 is 1.89 bits per heavy atom. The van der Waals surface area contributed by atoms with Gasteiger partial charge in [0.25, 0.3) is 0 Å². The fourth-order valence-electron chi connectivity index (χ4n) is 3.10. The van der Waals surface area contributed by atoms with E-state index in [4.69, 9.17) is 4.74 Å². The maximum atomic E-state index is 10.6. The second kappa shape index (κ2) is 4.80. The Balaban J connectivity index is 1.74. The molecule has 0 saturated carbocycles. The van der Waals surface area contributed by atoms with Gasteiger partial charge in [0.05, 0.1) is 6.04 Å². The Kier molecular flexibility index (Phi) is 3.27. The van der Waals surface area contributed by atoms with Crippen LogP contribution in [0.1, 0.15) is 38.4 Å². The molecule has 0 amide bonds. The molecule has 2 heterocycles. The molecule has 0 bridgehead atoms. The zero-order valence-corrected chi connectivity index (χ0v) is 11.8. The number of benzene rings is 1. The molecule has 3 heteroatoms. The summed E-state index contributed by atoms with van der Waals surface area (Å²) in [6.07, 6.45) is 1.96. The van der Waals surface area contributed by atoms with E-state index in [1.165, 1.54) is 12.8 Å². The van der Waals surface area contributed by atoms with Crippen LogP contribution in [0.4, 0.5) is 0 Å². The van der Waals surface area contributed by atoms with E-state index in [0.717, 1.165) is 24.4 Å². The summed E-state index contributed by atoms with van der Waals surface area (Å²) in [5.74, 6) is 0.837. The molecule has 1 aromatic carbocycles. The van der Waals surface area contributed by atoms with E-state index in [2.05, 4.69) is 18.7 Å². The Morgan fingerprint density at radius 1 is 1.21 bits per heavy atom. The molecule has 1 N–H and O–H groups in total. The van der Waals surface area contributed by atoms with E-state index in [-0.39, 0.29) is 6.04 Å². The SMILES string of the molecule is CC1(C)CCN(C2COc3ccccc3C2O)CC1. The molecule has 0 spiro atoms. The molecular weight excluding hydrogens is 238 g/mol. The van der Waals surface area contributed by atoms with Gasteiger partial charge in [0, 0.05) is 5.56 Å². The Morgan fingerprint density at radius 3 is 2.63 bits per heavy atom. The van der Waals surface area contributed by atoms with Crippen LogP contribution in [0.5, 0.6) is 5.75 Å². The number of fused-ring (bicyclic) bond motifs is 1. The lowest BCUT2D eigenvalue weighted by Crippen LogP contribution is -2.50. The second-order valence-electron chi connectivity index (χ2n) is 6.56. The van der Waals surface area contributed by atoms with Crippen LogP contribution < -0.4 is 4.74 Å². The van der Waals surface area contributed by atoms with Crippen molar-refractivity contribution in [2.45, 2.75) is 38.8 Å². The molecule has 104 valence electrons. The molecule has 2 unspecified atom stereocenters. The van der Waals surface area contributed by atoms with Crippen molar-refractivity contribution in [3.8, 4) is 5.75 Å². The zero-order valence-electron chi connectivity index (χ0n) is 11.8. The summed E-state index contributed by atoms with van der Waals surface area (Å²) in [5.41, 5.74) is 1.37. The van der Waals surface area contributed by atoms with Crippen molar-refractivity contribution in [2.75, 3.05) is 19.7 Å². The van der Waals surface area contributed by atoms with Gasteiger partial charge in [0.1, 0.15) is 18.5 Å². The average Bonchev–Trinajstić information content (AvgIpc) is 2.40. The van der Waals surface area contributed by atoms with Gasteiger partial charge >= 0.3 is 0 Å². The molecule has 3 nitrogen and oxygen atoms in total. The smallest absolute Gasteiger partial charge is 0.125 e. The topological polar surface area (TPSA) is 32.7 Å². The molecule has 0 aliphatic carbocycles. The first-order chi connectivity index (χ1) is 9.07. The Hall–Kier alpha value is -1.06. The van der Waals surface area contributed by atoms with E-state index in [0.29, 0.717) is 12.0 Å². The quantitative estimate of drug-likeness (QED) is 0.843. The summed E-state index contributed by atoms with van der Waals surface area (Å²) in [6, 6.07) is 7.93. The second-order valence-corrected chi connectivity index (χ2v) is 6.56. The third kappa shape index (κ3) is 2.49. The molecule has 1 fully saturated rings. The van der Waals surface area contributed by atoms with Crippen molar-refractivity contribution < 1.29 is 9.84 Å². The largest absolute Gasteiger partial charge is 0.491 e. The first-order valence-electron chi connectivity index (χ1n) is 7.21. The summed E-state index contributed by atoms with van der Waals surface area (Å²) < 4.78 is 5.81. The maximum absolute atomic E-state index is 10.6. The van der Waals surface area contributed by atoms with Crippen molar-refractivity contribution in [2.24, 2.45) is 5.41 Å². The molecular formula is C16H23NO2.